The topological polar surface area (TPSA) is 54.3 Å². The van der Waals surface area contributed by atoms with Crippen LogP contribution in [0.4, 0.5) is 0 Å². The fraction of sp³-hybridized carbons (Fsp3) is 0.500. The summed E-state index contributed by atoms with van der Waals surface area (Å²) < 4.78 is 3.22. The molecule has 34 heavy (non-hydrogen) atoms. The van der Waals surface area contributed by atoms with Crippen molar-refractivity contribution in [3.8, 4) is 0 Å². The number of nitrogens with one attached hydrogen (secondary N) is 1. The van der Waals surface area contributed by atoms with Crippen LogP contribution in [0.3, 0.4) is 0 Å². The fourth-order valence-electron chi connectivity index (χ4n) is 5.53. The molecule has 1 N–H and O–H groups in total. The number of carbonyl (C=O) groups is 2. The Morgan fingerprint density at radius 3 is 2.59 bits per heavy atom. The fourth-order valence-corrected chi connectivity index (χ4v) is 6.57. The van der Waals surface area contributed by atoms with Crippen LogP contribution in [0, 0.1) is 6.92 Å². The zero-order valence-corrected chi connectivity index (χ0v) is 21.3. The minimum atomic E-state index is -0.959. The van der Waals surface area contributed by atoms with Gasteiger partial charge in [0, 0.05) is 17.5 Å². The molecule has 1 fully saturated rings. The number of rotatable bonds is 5. The molecular formula is C28H35N3O2S. The summed E-state index contributed by atoms with van der Waals surface area (Å²) >= 11 is 1.75. The summed E-state index contributed by atoms with van der Waals surface area (Å²) in [6, 6.07) is 12.6. The molecule has 5 nitrogen and oxygen atoms in total. The molecule has 2 amide bonds. The summed E-state index contributed by atoms with van der Waals surface area (Å²) in [7, 11) is 0. The van der Waals surface area contributed by atoms with E-state index in [0.29, 0.717) is 18.8 Å². The van der Waals surface area contributed by atoms with Crippen LogP contribution in [0.25, 0.3) is 10.2 Å². The number of amides is 2. The molecule has 2 aliphatic rings. The van der Waals surface area contributed by atoms with Crippen molar-refractivity contribution in [1.82, 2.24) is 14.8 Å². The van der Waals surface area contributed by atoms with Crippen molar-refractivity contribution in [3.63, 3.8) is 0 Å². The first-order chi connectivity index (χ1) is 16.4. The van der Waals surface area contributed by atoms with Crippen LogP contribution in [0.15, 0.2) is 36.4 Å². The third-order valence-electron chi connectivity index (χ3n) is 7.78. The van der Waals surface area contributed by atoms with Crippen molar-refractivity contribution >= 4 is 33.4 Å². The first kappa shape index (κ1) is 23.2. The lowest BCUT2D eigenvalue weighted by Crippen LogP contribution is -2.64. The van der Waals surface area contributed by atoms with E-state index >= 15 is 0 Å². The molecule has 0 unspecified atom stereocenters. The van der Waals surface area contributed by atoms with Gasteiger partial charge in [-0.15, -0.1) is 11.3 Å². The smallest absolute Gasteiger partial charge is 0.271 e. The highest BCUT2D eigenvalue weighted by Crippen LogP contribution is 2.37. The van der Waals surface area contributed by atoms with Gasteiger partial charge in [-0.3, -0.25) is 9.59 Å². The number of hydrogen-bond acceptors (Lipinski definition) is 3. The second kappa shape index (κ2) is 9.21. The zero-order valence-electron chi connectivity index (χ0n) is 20.5. The maximum atomic E-state index is 14.0. The van der Waals surface area contributed by atoms with Crippen molar-refractivity contribution in [2.24, 2.45) is 0 Å². The van der Waals surface area contributed by atoms with E-state index in [2.05, 4.69) is 41.9 Å². The van der Waals surface area contributed by atoms with Crippen LogP contribution in [0.2, 0.25) is 0 Å². The van der Waals surface area contributed by atoms with E-state index in [4.69, 9.17) is 0 Å². The summed E-state index contributed by atoms with van der Waals surface area (Å²) in [5.74, 6) is -0.0887. The monoisotopic (exact) mass is 477 g/mol. The Morgan fingerprint density at radius 2 is 1.88 bits per heavy atom. The number of fused-ring (bicyclic) bond motifs is 3. The summed E-state index contributed by atoms with van der Waals surface area (Å²) in [5, 5.41) is 3.36. The van der Waals surface area contributed by atoms with E-state index in [9.17, 15) is 9.59 Å². The summed E-state index contributed by atoms with van der Waals surface area (Å²) in [4.78, 5) is 31.0. The van der Waals surface area contributed by atoms with Crippen LogP contribution >= 0.6 is 11.3 Å². The number of hydrogen-bond donors (Lipinski definition) is 1. The van der Waals surface area contributed by atoms with Crippen molar-refractivity contribution in [1.29, 1.82) is 0 Å². The van der Waals surface area contributed by atoms with E-state index in [1.165, 1.54) is 17.7 Å². The molecule has 180 valence electrons. The van der Waals surface area contributed by atoms with Gasteiger partial charge in [0.1, 0.15) is 11.2 Å². The van der Waals surface area contributed by atoms with Gasteiger partial charge in [-0.25, -0.2) is 0 Å². The average molecular weight is 478 g/mol. The van der Waals surface area contributed by atoms with Gasteiger partial charge in [0.2, 0.25) is 5.91 Å². The Kier molecular flexibility index (Phi) is 6.28. The minimum absolute atomic E-state index is 0.0280. The molecule has 1 aromatic carbocycles. The molecule has 1 aliphatic heterocycles. The van der Waals surface area contributed by atoms with E-state index in [-0.39, 0.29) is 17.9 Å². The number of carbonyl (C=O) groups excluding carboxylic acids is 2. The molecule has 5 rings (SSSR count). The van der Waals surface area contributed by atoms with Crippen molar-refractivity contribution < 1.29 is 9.59 Å². The molecule has 6 heteroatoms. The average Bonchev–Trinajstić information content (AvgIpc) is 3.26. The lowest BCUT2D eigenvalue weighted by Gasteiger charge is -2.45. The zero-order chi connectivity index (χ0) is 23.9. The van der Waals surface area contributed by atoms with Crippen molar-refractivity contribution in [2.45, 2.75) is 90.4 Å². The molecule has 2 aromatic heterocycles. The van der Waals surface area contributed by atoms with E-state index < -0.39 is 5.54 Å². The van der Waals surface area contributed by atoms with Gasteiger partial charge in [0.05, 0.1) is 16.8 Å². The second-order valence-corrected chi connectivity index (χ2v) is 11.4. The molecular weight excluding hydrogens is 442 g/mol. The SMILES string of the molecule is CCc1cc2c(cc3n2C[C@@](C)(C(=O)NC2CCCCCC2)N(Cc2ccccc2C)C3=O)s1. The molecule has 3 aromatic rings. The van der Waals surface area contributed by atoms with E-state index in [0.717, 1.165) is 53.4 Å². The molecule has 0 bridgehead atoms. The van der Waals surface area contributed by atoms with E-state index in [1.54, 1.807) is 11.3 Å². The Bertz CT molecular complexity index is 1220. The maximum absolute atomic E-state index is 14.0. The van der Waals surface area contributed by atoms with Crippen molar-refractivity contribution in [2.75, 3.05) is 0 Å². The van der Waals surface area contributed by atoms with Gasteiger partial charge in [-0.1, -0.05) is 56.9 Å². The van der Waals surface area contributed by atoms with Gasteiger partial charge in [-0.2, -0.15) is 0 Å². The van der Waals surface area contributed by atoms with Crippen molar-refractivity contribution in [3.05, 3.63) is 58.1 Å². The lowest BCUT2D eigenvalue weighted by molar-refractivity contribution is -0.134. The number of aromatic nitrogens is 1. The third kappa shape index (κ3) is 4.06. The predicted molar refractivity (Wildman–Crippen MR) is 138 cm³/mol. The van der Waals surface area contributed by atoms with Gasteiger partial charge in [0.25, 0.3) is 5.91 Å². The van der Waals surface area contributed by atoms with Crippen LogP contribution < -0.4 is 5.32 Å². The quantitative estimate of drug-likeness (QED) is 0.470. The first-order valence-electron chi connectivity index (χ1n) is 12.7. The summed E-state index contributed by atoms with van der Waals surface area (Å²) in [6.45, 7) is 7.08. The van der Waals surface area contributed by atoms with Gasteiger partial charge in [0.15, 0.2) is 0 Å². The molecule has 3 heterocycles. The largest absolute Gasteiger partial charge is 0.351 e. The number of thiophene rings is 1. The van der Waals surface area contributed by atoms with Gasteiger partial charge in [-0.05, 0) is 56.4 Å². The summed E-state index contributed by atoms with van der Waals surface area (Å²) in [6.07, 6.45) is 7.82. The third-order valence-corrected chi connectivity index (χ3v) is 9.00. The number of nitrogens with zero attached hydrogens (tertiary/aromatic N) is 2. The van der Waals surface area contributed by atoms with Gasteiger partial charge >= 0.3 is 0 Å². The molecule has 0 spiro atoms. The Morgan fingerprint density at radius 1 is 1.15 bits per heavy atom. The van der Waals surface area contributed by atoms with Crippen LogP contribution in [0.5, 0.6) is 0 Å². The van der Waals surface area contributed by atoms with Crippen LogP contribution in [-0.2, 0) is 24.3 Å². The predicted octanol–water partition coefficient (Wildman–Crippen LogP) is 5.83. The normalized spacial score (nSPS) is 21.5. The Hall–Kier alpha value is -2.60. The molecule has 1 saturated carbocycles. The van der Waals surface area contributed by atoms with E-state index in [1.807, 2.05) is 30.0 Å². The molecule has 0 saturated heterocycles. The molecule has 0 radical (unpaired) electrons. The number of benzene rings is 1. The standard InChI is InChI=1S/C28H35N3O2S/c1-4-22-15-23-25(34-22)16-24-26(32)31(17-20-12-10-9-11-19(20)2)28(3,18-30(23)24)27(33)29-21-13-7-5-6-8-14-21/h9-12,15-16,21H,4-8,13-14,17-18H2,1-3H3,(H,29,33)/t28-/m0/s1. The maximum Gasteiger partial charge on any atom is 0.271 e. The molecule has 1 atom stereocenters. The molecule has 1 aliphatic carbocycles. The highest BCUT2D eigenvalue weighted by molar-refractivity contribution is 7.19. The number of aryl methyl sites for hydroxylation is 2. The Balaban J connectivity index is 1.54. The highest BCUT2D eigenvalue weighted by atomic mass is 32.1. The first-order valence-corrected chi connectivity index (χ1v) is 13.5. The van der Waals surface area contributed by atoms with Gasteiger partial charge < -0.3 is 14.8 Å². The lowest BCUT2D eigenvalue weighted by atomic mass is 9.92. The van der Waals surface area contributed by atoms with Crippen LogP contribution in [-0.4, -0.2) is 32.9 Å². The summed E-state index contributed by atoms with van der Waals surface area (Å²) in [5.41, 5.74) is 3.03. The Labute approximate surface area is 206 Å². The highest BCUT2D eigenvalue weighted by Gasteiger charge is 2.48. The van der Waals surface area contributed by atoms with Crippen LogP contribution in [0.1, 0.15) is 78.9 Å². The minimum Gasteiger partial charge on any atom is -0.351 e. The second-order valence-electron chi connectivity index (χ2n) is 10.2.